The van der Waals surface area contributed by atoms with Crippen LogP contribution in [0.1, 0.15) is 10.4 Å². The van der Waals surface area contributed by atoms with Gasteiger partial charge in [-0.1, -0.05) is 11.6 Å². The number of anilines is 1. The van der Waals surface area contributed by atoms with Gasteiger partial charge in [-0.2, -0.15) is 0 Å². The lowest BCUT2D eigenvalue weighted by molar-refractivity contribution is 0.0942. The monoisotopic (exact) mass is 296 g/mol. The number of piperazine rings is 1. The van der Waals surface area contributed by atoms with Crippen LogP contribution in [0, 0.1) is 0 Å². The van der Waals surface area contributed by atoms with Crippen molar-refractivity contribution >= 4 is 23.2 Å². The van der Waals surface area contributed by atoms with E-state index in [1.807, 2.05) is 0 Å². The standard InChI is InChI=1S/C14H21ClN4O/c1-18-6-8-19(9-7-18)5-4-17-14(20)12-10-11(15)2-3-13(12)16/h2-3,10H,4-9,16H2,1H3,(H,17,20). The first kappa shape index (κ1) is 15.1. The molecule has 0 aliphatic carbocycles. The van der Waals surface area contributed by atoms with Gasteiger partial charge in [0.05, 0.1) is 5.56 Å². The molecule has 110 valence electrons. The van der Waals surface area contributed by atoms with E-state index in [0.717, 1.165) is 32.7 Å². The number of nitrogen functional groups attached to an aromatic ring is 1. The molecule has 0 radical (unpaired) electrons. The Morgan fingerprint density at radius 1 is 1.35 bits per heavy atom. The number of rotatable bonds is 4. The lowest BCUT2D eigenvalue weighted by Gasteiger charge is -2.32. The SMILES string of the molecule is CN1CCN(CCNC(=O)c2cc(Cl)ccc2N)CC1. The van der Waals surface area contributed by atoms with E-state index in [4.69, 9.17) is 17.3 Å². The van der Waals surface area contributed by atoms with Gasteiger partial charge >= 0.3 is 0 Å². The molecule has 0 saturated carbocycles. The smallest absolute Gasteiger partial charge is 0.253 e. The van der Waals surface area contributed by atoms with Crippen LogP contribution in [0.5, 0.6) is 0 Å². The molecule has 1 heterocycles. The van der Waals surface area contributed by atoms with Gasteiger partial charge < -0.3 is 16.0 Å². The lowest BCUT2D eigenvalue weighted by atomic mass is 10.1. The summed E-state index contributed by atoms with van der Waals surface area (Å²) >= 11 is 5.88. The highest BCUT2D eigenvalue weighted by atomic mass is 35.5. The minimum atomic E-state index is -0.167. The number of carbonyl (C=O) groups excluding carboxylic acids is 1. The summed E-state index contributed by atoms with van der Waals surface area (Å²) in [7, 11) is 2.13. The third kappa shape index (κ3) is 4.10. The lowest BCUT2D eigenvalue weighted by Crippen LogP contribution is -2.46. The van der Waals surface area contributed by atoms with E-state index in [9.17, 15) is 4.79 Å². The summed E-state index contributed by atoms with van der Waals surface area (Å²) < 4.78 is 0. The molecule has 1 saturated heterocycles. The van der Waals surface area contributed by atoms with E-state index in [1.54, 1.807) is 18.2 Å². The number of likely N-dealkylation sites (N-methyl/N-ethyl adjacent to an activating group) is 1. The maximum absolute atomic E-state index is 12.0. The molecule has 0 bridgehead atoms. The van der Waals surface area contributed by atoms with Gasteiger partial charge in [0.1, 0.15) is 0 Å². The molecule has 1 aromatic rings. The first-order valence-corrected chi connectivity index (χ1v) is 7.18. The van der Waals surface area contributed by atoms with Crippen LogP contribution in [0.4, 0.5) is 5.69 Å². The van der Waals surface area contributed by atoms with Crippen molar-refractivity contribution in [1.29, 1.82) is 0 Å². The summed E-state index contributed by atoms with van der Waals surface area (Å²) in [6.45, 7) is 5.73. The highest BCUT2D eigenvalue weighted by molar-refractivity contribution is 6.31. The maximum atomic E-state index is 12.0. The molecule has 1 fully saturated rings. The van der Waals surface area contributed by atoms with Crippen molar-refractivity contribution < 1.29 is 4.79 Å². The molecular weight excluding hydrogens is 276 g/mol. The molecule has 1 aromatic carbocycles. The van der Waals surface area contributed by atoms with Crippen molar-refractivity contribution in [2.45, 2.75) is 0 Å². The Morgan fingerprint density at radius 2 is 2.05 bits per heavy atom. The van der Waals surface area contributed by atoms with Crippen molar-refractivity contribution in [1.82, 2.24) is 15.1 Å². The number of hydrogen-bond acceptors (Lipinski definition) is 4. The van der Waals surface area contributed by atoms with Gasteiger partial charge in [0, 0.05) is 50.0 Å². The average molecular weight is 297 g/mol. The van der Waals surface area contributed by atoms with Crippen LogP contribution < -0.4 is 11.1 Å². The molecule has 0 aromatic heterocycles. The average Bonchev–Trinajstić information content (AvgIpc) is 2.43. The van der Waals surface area contributed by atoms with Crippen LogP contribution >= 0.6 is 11.6 Å². The molecule has 1 amide bonds. The molecule has 1 aliphatic heterocycles. The topological polar surface area (TPSA) is 61.6 Å². The molecule has 6 heteroatoms. The molecule has 1 aliphatic rings. The zero-order chi connectivity index (χ0) is 14.5. The summed E-state index contributed by atoms with van der Waals surface area (Å²) in [5.41, 5.74) is 6.68. The number of nitrogens with zero attached hydrogens (tertiary/aromatic N) is 2. The highest BCUT2D eigenvalue weighted by Crippen LogP contribution is 2.17. The molecule has 0 atom stereocenters. The summed E-state index contributed by atoms with van der Waals surface area (Å²) in [4.78, 5) is 16.7. The fourth-order valence-electron chi connectivity index (χ4n) is 2.22. The van der Waals surface area contributed by atoms with Crippen molar-refractivity contribution in [3.63, 3.8) is 0 Å². The van der Waals surface area contributed by atoms with Gasteiger partial charge in [-0.3, -0.25) is 9.69 Å². The van der Waals surface area contributed by atoms with Gasteiger partial charge in [-0.15, -0.1) is 0 Å². The third-order valence-electron chi connectivity index (χ3n) is 3.57. The van der Waals surface area contributed by atoms with Crippen LogP contribution in [-0.2, 0) is 0 Å². The number of benzene rings is 1. The summed E-state index contributed by atoms with van der Waals surface area (Å²) in [6, 6.07) is 4.93. The fourth-order valence-corrected chi connectivity index (χ4v) is 2.39. The normalized spacial score (nSPS) is 17.1. The summed E-state index contributed by atoms with van der Waals surface area (Å²) in [5, 5.41) is 3.41. The molecular formula is C14H21ClN4O. The number of hydrogen-bond donors (Lipinski definition) is 2. The zero-order valence-corrected chi connectivity index (χ0v) is 12.5. The quantitative estimate of drug-likeness (QED) is 0.811. The Balaban J connectivity index is 1.79. The largest absolute Gasteiger partial charge is 0.398 e. The van der Waals surface area contributed by atoms with Gasteiger partial charge in [0.25, 0.3) is 5.91 Å². The molecule has 3 N–H and O–H groups in total. The van der Waals surface area contributed by atoms with E-state index < -0.39 is 0 Å². The molecule has 5 nitrogen and oxygen atoms in total. The van der Waals surface area contributed by atoms with Crippen LogP contribution in [0.2, 0.25) is 5.02 Å². The minimum Gasteiger partial charge on any atom is -0.398 e. The number of nitrogens with two attached hydrogens (primary N) is 1. The Kier molecular flexibility index (Phi) is 5.23. The molecule has 0 spiro atoms. The van der Waals surface area contributed by atoms with Crippen LogP contribution in [-0.4, -0.2) is 62.0 Å². The van der Waals surface area contributed by atoms with Crippen molar-refractivity contribution in [3.05, 3.63) is 28.8 Å². The van der Waals surface area contributed by atoms with E-state index >= 15 is 0 Å². The fraction of sp³-hybridized carbons (Fsp3) is 0.500. The van der Waals surface area contributed by atoms with E-state index in [-0.39, 0.29) is 5.91 Å². The van der Waals surface area contributed by atoms with Crippen molar-refractivity contribution in [2.75, 3.05) is 52.0 Å². The number of amides is 1. The first-order chi connectivity index (χ1) is 9.56. The Morgan fingerprint density at radius 3 is 2.75 bits per heavy atom. The number of nitrogens with one attached hydrogen (secondary N) is 1. The van der Waals surface area contributed by atoms with E-state index in [1.165, 1.54) is 0 Å². The highest BCUT2D eigenvalue weighted by Gasteiger charge is 2.14. The predicted octanol–water partition coefficient (Wildman–Crippen LogP) is 0.899. The number of halogens is 1. The van der Waals surface area contributed by atoms with Crippen LogP contribution in [0.25, 0.3) is 0 Å². The second-order valence-corrected chi connectivity index (χ2v) is 5.57. The minimum absolute atomic E-state index is 0.167. The van der Waals surface area contributed by atoms with Gasteiger partial charge in [-0.05, 0) is 25.2 Å². The van der Waals surface area contributed by atoms with Gasteiger partial charge in [0.15, 0.2) is 0 Å². The Hall–Kier alpha value is -1.30. The maximum Gasteiger partial charge on any atom is 0.253 e. The first-order valence-electron chi connectivity index (χ1n) is 6.80. The van der Waals surface area contributed by atoms with Crippen molar-refractivity contribution in [3.8, 4) is 0 Å². The van der Waals surface area contributed by atoms with E-state index in [0.29, 0.717) is 22.8 Å². The zero-order valence-electron chi connectivity index (χ0n) is 11.7. The molecule has 2 rings (SSSR count). The second kappa shape index (κ2) is 6.92. The molecule has 20 heavy (non-hydrogen) atoms. The van der Waals surface area contributed by atoms with Gasteiger partial charge in [0.2, 0.25) is 0 Å². The second-order valence-electron chi connectivity index (χ2n) is 5.13. The van der Waals surface area contributed by atoms with Crippen LogP contribution in [0.15, 0.2) is 18.2 Å². The van der Waals surface area contributed by atoms with Crippen molar-refractivity contribution in [2.24, 2.45) is 0 Å². The van der Waals surface area contributed by atoms with Crippen LogP contribution in [0.3, 0.4) is 0 Å². The number of carbonyl (C=O) groups is 1. The Bertz CT molecular complexity index is 472. The third-order valence-corrected chi connectivity index (χ3v) is 3.80. The van der Waals surface area contributed by atoms with E-state index in [2.05, 4.69) is 22.2 Å². The summed E-state index contributed by atoms with van der Waals surface area (Å²) in [6.07, 6.45) is 0. The Labute approximate surface area is 124 Å². The molecule has 0 unspecified atom stereocenters. The van der Waals surface area contributed by atoms with Gasteiger partial charge in [-0.25, -0.2) is 0 Å². The summed E-state index contributed by atoms with van der Waals surface area (Å²) in [5.74, 6) is -0.167. The predicted molar refractivity (Wildman–Crippen MR) is 82.1 cm³/mol.